The first-order chi connectivity index (χ1) is 17.7. The van der Waals surface area contributed by atoms with Crippen LogP contribution in [0.1, 0.15) is 83.2 Å². The first-order valence-corrected chi connectivity index (χ1v) is 13.6. The quantitative estimate of drug-likeness (QED) is 0.430. The van der Waals surface area contributed by atoms with Crippen LogP contribution in [0, 0.1) is 6.92 Å². The molecule has 0 N–H and O–H groups in total. The highest BCUT2D eigenvalue weighted by molar-refractivity contribution is 5.98. The maximum atomic E-state index is 13.1. The molecule has 0 amide bonds. The fourth-order valence-corrected chi connectivity index (χ4v) is 5.99. The van der Waals surface area contributed by atoms with E-state index < -0.39 is 0 Å². The highest BCUT2D eigenvalue weighted by atomic mass is 16.5. The van der Waals surface area contributed by atoms with Gasteiger partial charge in [0, 0.05) is 43.4 Å². The van der Waals surface area contributed by atoms with Crippen LogP contribution in [0.15, 0.2) is 48.8 Å². The number of aromatic nitrogens is 3. The van der Waals surface area contributed by atoms with Crippen molar-refractivity contribution in [2.24, 2.45) is 0 Å². The summed E-state index contributed by atoms with van der Waals surface area (Å²) in [4.78, 5) is 20.5. The number of Topliss-reactive ketones (excluding diaryl/α,β-unsaturated/α-hetero) is 1. The molecule has 1 aromatic carbocycles. The summed E-state index contributed by atoms with van der Waals surface area (Å²) in [6.07, 6.45) is 11.4. The average molecular weight is 485 g/mol. The molecule has 0 radical (unpaired) electrons. The molecule has 188 valence electrons. The predicted molar refractivity (Wildman–Crippen MR) is 140 cm³/mol. The lowest BCUT2D eigenvalue weighted by Crippen LogP contribution is -2.44. The van der Waals surface area contributed by atoms with E-state index in [0.717, 1.165) is 49.2 Å². The van der Waals surface area contributed by atoms with Crippen LogP contribution in [0.3, 0.4) is 0 Å². The summed E-state index contributed by atoms with van der Waals surface area (Å²) in [5, 5.41) is 4.52. The summed E-state index contributed by atoms with van der Waals surface area (Å²) in [7, 11) is 0. The van der Waals surface area contributed by atoms with Gasteiger partial charge >= 0.3 is 0 Å². The van der Waals surface area contributed by atoms with Gasteiger partial charge in [-0.15, -0.1) is 0 Å². The monoisotopic (exact) mass is 484 g/mol. The van der Waals surface area contributed by atoms with Crippen molar-refractivity contribution in [3.05, 3.63) is 76.9 Å². The van der Waals surface area contributed by atoms with Gasteiger partial charge in [-0.05, 0) is 80.7 Å². The molecule has 3 aromatic rings. The Labute approximate surface area is 213 Å². The molecule has 2 saturated carbocycles. The summed E-state index contributed by atoms with van der Waals surface area (Å²) in [6.45, 7) is 5.86. The summed E-state index contributed by atoms with van der Waals surface area (Å²) in [6, 6.07) is 13.5. The third-order valence-corrected chi connectivity index (χ3v) is 8.39. The molecule has 6 rings (SSSR count). The van der Waals surface area contributed by atoms with E-state index in [9.17, 15) is 4.79 Å². The molecule has 36 heavy (non-hydrogen) atoms. The lowest BCUT2D eigenvalue weighted by Gasteiger charge is -2.38. The summed E-state index contributed by atoms with van der Waals surface area (Å²) < 4.78 is 7.38. The molecule has 3 aliphatic rings. The summed E-state index contributed by atoms with van der Waals surface area (Å²) >= 11 is 0. The molecule has 0 atom stereocenters. The smallest absolute Gasteiger partial charge is 0.170 e. The van der Waals surface area contributed by atoms with E-state index in [1.165, 1.54) is 49.8 Å². The zero-order valence-corrected chi connectivity index (χ0v) is 21.2. The molecule has 3 fully saturated rings. The Bertz CT molecular complexity index is 1180. The Kier molecular flexibility index (Phi) is 6.72. The van der Waals surface area contributed by atoms with Crippen molar-refractivity contribution >= 4 is 5.78 Å². The van der Waals surface area contributed by atoms with E-state index in [0.29, 0.717) is 23.9 Å². The number of ether oxygens (including phenoxy) is 1. The SMILES string of the molecule is Cc1c(C(=O)Cc2ccc(C3CCC(N4CCOCC4)CC3)nc2)cnn1-c1ccc(C2CC2)cc1. The normalized spacial score (nSPS) is 23.0. The molecule has 0 spiro atoms. The fourth-order valence-electron chi connectivity index (χ4n) is 5.99. The zero-order chi connectivity index (χ0) is 24.5. The van der Waals surface area contributed by atoms with E-state index in [4.69, 9.17) is 9.72 Å². The third kappa shape index (κ3) is 5.02. The summed E-state index contributed by atoms with van der Waals surface area (Å²) in [5.74, 6) is 1.35. The number of rotatable bonds is 7. The van der Waals surface area contributed by atoms with Crippen molar-refractivity contribution in [2.45, 2.75) is 69.7 Å². The predicted octanol–water partition coefficient (Wildman–Crippen LogP) is 5.24. The van der Waals surface area contributed by atoms with Gasteiger partial charge in [-0.25, -0.2) is 4.68 Å². The van der Waals surface area contributed by atoms with Crippen molar-refractivity contribution in [3.63, 3.8) is 0 Å². The van der Waals surface area contributed by atoms with Crippen molar-refractivity contribution in [1.29, 1.82) is 0 Å². The lowest BCUT2D eigenvalue weighted by atomic mass is 9.83. The Morgan fingerprint density at radius 3 is 2.31 bits per heavy atom. The van der Waals surface area contributed by atoms with Crippen molar-refractivity contribution in [3.8, 4) is 5.69 Å². The number of benzene rings is 1. The molecule has 1 saturated heterocycles. The van der Waals surface area contributed by atoms with Crippen LogP contribution in [0.4, 0.5) is 0 Å². The van der Waals surface area contributed by atoms with Gasteiger partial charge in [-0.3, -0.25) is 14.7 Å². The van der Waals surface area contributed by atoms with Gasteiger partial charge in [-0.2, -0.15) is 5.10 Å². The molecular weight excluding hydrogens is 448 g/mol. The molecular formula is C30H36N4O2. The van der Waals surface area contributed by atoms with Crippen LogP contribution in [-0.4, -0.2) is 57.8 Å². The maximum Gasteiger partial charge on any atom is 0.170 e. The minimum Gasteiger partial charge on any atom is -0.379 e. The lowest BCUT2D eigenvalue weighted by molar-refractivity contribution is 0.00721. The minimum absolute atomic E-state index is 0.0916. The van der Waals surface area contributed by atoms with Crippen LogP contribution >= 0.6 is 0 Å². The van der Waals surface area contributed by atoms with Crippen LogP contribution in [-0.2, 0) is 11.2 Å². The highest BCUT2D eigenvalue weighted by Crippen LogP contribution is 2.40. The number of pyridine rings is 1. The Balaban J connectivity index is 1.06. The maximum absolute atomic E-state index is 13.1. The second-order valence-corrected chi connectivity index (χ2v) is 10.8. The van der Waals surface area contributed by atoms with E-state index >= 15 is 0 Å². The number of hydrogen-bond donors (Lipinski definition) is 0. The largest absolute Gasteiger partial charge is 0.379 e. The first kappa shape index (κ1) is 23.6. The molecule has 2 aromatic heterocycles. The second kappa shape index (κ2) is 10.3. The van der Waals surface area contributed by atoms with Crippen molar-refractivity contribution < 1.29 is 9.53 Å². The van der Waals surface area contributed by atoms with Crippen LogP contribution in [0.5, 0.6) is 0 Å². The van der Waals surface area contributed by atoms with Gasteiger partial charge in [0.1, 0.15) is 0 Å². The van der Waals surface area contributed by atoms with E-state index in [1.807, 2.05) is 17.8 Å². The van der Waals surface area contributed by atoms with Crippen molar-refractivity contribution in [2.75, 3.05) is 26.3 Å². The number of carbonyl (C=O) groups excluding carboxylic acids is 1. The number of ketones is 1. The van der Waals surface area contributed by atoms with Gasteiger partial charge in [0.05, 0.1) is 36.4 Å². The Morgan fingerprint density at radius 1 is 0.917 bits per heavy atom. The molecule has 6 heteroatoms. The van der Waals surface area contributed by atoms with E-state index in [2.05, 4.69) is 46.4 Å². The van der Waals surface area contributed by atoms with Crippen molar-refractivity contribution in [1.82, 2.24) is 19.7 Å². The molecule has 3 heterocycles. The van der Waals surface area contributed by atoms with Crippen LogP contribution in [0.2, 0.25) is 0 Å². The Morgan fingerprint density at radius 2 is 1.64 bits per heavy atom. The van der Waals surface area contributed by atoms with Crippen LogP contribution in [0.25, 0.3) is 5.69 Å². The van der Waals surface area contributed by atoms with E-state index in [1.54, 1.807) is 6.20 Å². The zero-order valence-electron chi connectivity index (χ0n) is 21.2. The van der Waals surface area contributed by atoms with Gasteiger partial charge < -0.3 is 4.74 Å². The number of nitrogens with zero attached hydrogens (tertiary/aromatic N) is 4. The molecule has 6 nitrogen and oxygen atoms in total. The number of morpholine rings is 1. The Hall–Kier alpha value is -2.83. The topological polar surface area (TPSA) is 60.3 Å². The van der Waals surface area contributed by atoms with Crippen LogP contribution < -0.4 is 0 Å². The van der Waals surface area contributed by atoms with Gasteiger partial charge in [0.2, 0.25) is 0 Å². The number of hydrogen-bond acceptors (Lipinski definition) is 5. The molecule has 1 aliphatic heterocycles. The van der Waals surface area contributed by atoms with Gasteiger partial charge in [0.25, 0.3) is 0 Å². The molecule has 0 bridgehead atoms. The standard InChI is InChI=1S/C30H36N4O2/c1-21-28(20-32-34(21)27-11-5-24(6-12-27)23-3-4-23)30(35)18-22-2-13-29(31-19-22)25-7-9-26(10-8-25)33-14-16-36-17-15-33/h2,5-6,11-13,19-20,23,25-26H,3-4,7-10,14-18H2,1H3. The number of carbonyl (C=O) groups is 1. The van der Waals surface area contributed by atoms with E-state index in [-0.39, 0.29) is 5.78 Å². The third-order valence-electron chi connectivity index (χ3n) is 8.39. The summed E-state index contributed by atoms with van der Waals surface area (Å²) in [5.41, 5.74) is 6.12. The highest BCUT2D eigenvalue weighted by Gasteiger charge is 2.28. The minimum atomic E-state index is 0.0916. The van der Waals surface area contributed by atoms with Gasteiger partial charge in [-0.1, -0.05) is 18.2 Å². The first-order valence-electron chi connectivity index (χ1n) is 13.6. The van der Waals surface area contributed by atoms with Gasteiger partial charge in [0.15, 0.2) is 5.78 Å². The second-order valence-electron chi connectivity index (χ2n) is 10.8. The molecule has 0 unspecified atom stereocenters. The fraction of sp³-hybridized carbons (Fsp3) is 0.500. The average Bonchev–Trinajstić information content (AvgIpc) is 3.71. The molecule has 2 aliphatic carbocycles.